The van der Waals surface area contributed by atoms with Gasteiger partial charge in [0.05, 0.1) is 6.54 Å². The minimum absolute atomic E-state index is 0. The Kier molecular flexibility index (Phi) is 8.03. The topological polar surface area (TPSA) is 44.4 Å². The number of benzene rings is 1. The van der Waals surface area contributed by atoms with Crippen LogP contribution in [0.3, 0.4) is 0 Å². The fourth-order valence-electron chi connectivity index (χ4n) is 3.29. The van der Waals surface area contributed by atoms with E-state index < -0.39 is 0 Å². The molecule has 1 heterocycles. The molecule has 2 N–H and O–H groups in total. The number of aryl methyl sites for hydroxylation is 3. The van der Waals surface area contributed by atoms with Crippen molar-refractivity contribution in [1.29, 1.82) is 0 Å². The summed E-state index contributed by atoms with van der Waals surface area (Å²) in [5.74, 6) is 0.135. The number of carbonyl (C=O) groups is 1. The van der Waals surface area contributed by atoms with E-state index in [2.05, 4.69) is 55.4 Å². The first-order valence-electron chi connectivity index (χ1n) is 8.25. The Morgan fingerprint density at radius 3 is 2.57 bits per heavy atom. The minimum atomic E-state index is 0. The van der Waals surface area contributed by atoms with Crippen LogP contribution in [0.2, 0.25) is 0 Å². The van der Waals surface area contributed by atoms with Gasteiger partial charge in [0.1, 0.15) is 0 Å². The number of rotatable bonds is 5. The largest absolute Gasteiger partial charge is 0.355 e. The second-order valence-corrected chi connectivity index (χ2v) is 6.50. The van der Waals surface area contributed by atoms with Crippen molar-refractivity contribution in [2.24, 2.45) is 0 Å². The summed E-state index contributed by atoms with van der Waals surface area (Å²) in [7, 11) is 0. The first-order valence-corrected chi connectivity index (χ1v) is 8.25. The van der Waals surface area contributed by atoms with Gasteiger partial charge in [0.2, 0.25) is 5.91 Å². The van der Waals surface area contributed by atoms with Crippen molar-refractivity contribution in [3.63, 3.8) is 0 Å². The number of hydrogen-bond donors (Lipinski definition) is 2. The lowest BCUT2D eigenvalue weighted by Gasteiger charge is -2.33. The highest BCUT2D eigenvalue weighted by Gasteiger charge is 2.19. The third-order valence-corrected chi connectivity index (χ3v) is 4.52. The molecule has 0 unspecified atom stereocenters. The second-order valence-electron chi connectivity index (χ2n) is 6.50. The fraction of sp³-hybridized carbons (Fsp3) is 0.611. The number of nitrogens with one attached hydrogen (secondary N) is 2. The summed E-state index contributed by atoms with van der Waals surface area (Å²) in [5.41, 5.74) is 5.31. The Hall–Kier alpha value is -1.10. The monoisotopic (exact) mass is 339 g/mol. The van der Waals surface area contributed by atoms with E-state index in [4.69, 9.17) is 0 Å². The van der Waals surface area contributed by atoms with Gasteiger partial charge in [0.25, 0.3) is 0 Å². The molecule has 1 amide bonds. The normalized spacial score (nSPS) is 18.3. The maximum absolute atomic E-state index is 12.1. The van der Waals surface area contributed by atoms with Gasteiger partial charge in [-0.05, 0) is 50.8 Å². The average molecular weight is 340 g/mol. The van der Waals surface area contributed by atoms with Crippen LogP contribution in [-0.2, 0) is 11.2 Å². The lowest BCUT2D eigenvalue weighted by molar-refractivity contribution is -0.122. The zero-order valence-electron chi connectivity index (χ0n) is 14.7. The van der Waals surface area contributed by atoms with Gasteiger partial charge in [0, 0.05) is 32.2 Å². The van der Waals surface area contributed by atoms with Crippen LogP contribution in [0.25, 0.3) is 0 Å². The average Bonchev–Trinajstić information content (AvgIpc) is 2.44. The summed E-state index contributed by atoms with van der Waals surface area (Å²) in [6.07, 6.45) is 0.904. The maximum Gasteiger partial charge on any atom is 0.234 e. The number of nitrogens with zero attached hydrogens (tertiary/aromatic N) is 1. The van der Waals surface area contributed by atoms with E-state index in [1.54, 1.807) is 0 Å². The van der Waals surface area contributed by atoms with Crippen LogP contribution in [0.15, 0.2) is 12.1 Å². The van der Waals surface area contributed by atoms with E-state index in [-0.39, 0.29) is 18.3 Å². The molecular weight excluding hydrogens is 310 g/mol. The smallest absolute Gasteiger partial charge is 0.234 e. The van der Waals surface area contributed by atoms with Gasteiger partial charge in [-0.1, -0.05) is 17.7 Å². The van der Waals surface area contributed by atoms with Gasteiger partial charge in [-0.25, -0.2) is 0 Å². The molecular formula is C18H30ClN3O. The molecule has 1 aromatic carbocycles. The molecule has 1 fully saturated rings. The third-order valence-electron chi connectivity index (χ3n) is 4.52. The van der Waals surface area contributed by atoms with Crippen molar-refractivity contribution in [3.8, 4) is 0 Å². The molecule has 5 heteroatoms. The molecule has 2 rings (SSSR count). The van der Waals surface area contributed by atoms with E-state index in [1.807, 2.05) is 0 Å². The van der Waals surface area contributed by atoms with Crippen molar-refractivity contribution in [3.05, 3.63) is 34.4 Å². The van der Waals surface area contributed by atoms with Crippen LogP contribution >= 0.6 is 12.4 Å². The molecule has 0 aromatic heterocycles. The van der Waals surface area contributed by atoms with Gasteiger partial charge < -0.3 is 10.6 Å². The van der Waals surface area contributed by atoms with Crippen molar-refractivity contribution >= 4 is 18.3 Å². The highest BCUT2D eigenvalue weighted by Crippen LogP contribution is 2.16. The van der Waals surface area contributed by atoms with Crippen molar-refractivity contribution in [2.45, 2.75) is 40.2 Å². The molecule has 0 saturated carbocycles. The number of piperazine rings is 1. The number of halogens is 1. The first-order chi connectivity index (χ1) is 10.5. The molecule has 1 atom stereocenters. The molecule has 1 aliphatic rings. The highest BCUT2D eigenvalue weighted by atomic mass is 35.5. The van der Waals surface area contributed by atoms with Crippen LogP contribution in [-0.4, -0.2) is 49.6 Å². The van der Waals surface area contributed by atoms with E-state index >= 15 is 0 Å². The quantitative estimate of drug-likeness (QED) is 0.862. The van der Waals surface area contributed by atoms with E-state index in [9.17, 15) is 4.79 Å². The lowest BCUT2D eigenvalue weighted by Crippen LogP contribution is -2.52. The van der Waals surface area contributed by atoms with Crippen LogP contribution in [0.1, 0.15) is 29.2 Å². The molecule has 1 aliphatic heterocycles. The predicted molar refractivity (Wildman–Crippen MR) is 98.5 cm³/mol. The molecule has 1 saturated heterocycles. The fourth-order valence-corrected chi connectivity index (χ4v) is 3.29. The Morgan fingerprint density at radius 2 is 1.96 bits per heavy atom. The van der Waals surface area contributed by atoms with Crippen molar-refractivity contribution in [1.82, 2.24) is 15.5 Å². The highest BCUT2D eigenvalue weighted by molar-refractivity contribution is 5.85. The maximum atomic E-state index is 12.1. The van der Waals surface area contributed by atoms with Crippen LogP contribution < -0.4 is 10.6 Å². The molecule has 130 valence electrons. The molecule has 0 spiro atoms. The molecule has 1 aromatic rings. The summed E-state index contributed by atoms with van der Waals surface area (Å²) in [5, 5.41) is 6.41. The minimum Gasteiger partial charge on any atom is -0.355 e. The van der Waals surface area contributed by atoms with Crippen LogP contribution in [0, 0.1) is 20.8 Å². The first kappa shape index (κ1) is 19.9. The Labute approximate surface area is 146 Å². The second kappa shape index (κ2) is 9.26. The molecule has 4 nitrogen and oxygen atoms in total. The van der Waals surface area contributed by atoms with Crippen molar-refractivity contribution in [2.75, 3.05) is 32.7 Å². The summed E-state index contributed by atoms with van der Waals surface area (Å²) in [6.45, 7) is 12.7. The SMILES string of the molecule is Cc1cc(C)c(CCNC(=O)CN2CCNC[C@@H]2C)c(C)c1.Cl. The van der Waals surface area contributed by atoms with E-state index in [0.29, 0.717) is 19.1 Å². The van der Waals surface area contributed by atoms with E-state index in [0.717, 1.165) is 26.1 Å². The number of hydrogen-bond acceptors (Lipinski definition) is 3. The summed E-state index contributed by atoms with van der Waals surface area (Å²) >= 11 is 0. The summed E-state index contributed by atoms with van der Waals surface area (Å²) < 4.78 is 0. The van der Waals surface area contributed by atoms with Gasteiger partial charge in [-0.15, -0.1) is 12.4 Å². The van der Waals surface area contributed by atoms with Crippen LogP contribution in [0.4, 0.5) is 0 Å². The zero-order valence-corrected chi connectivity index (χ0v) is 15.6. The molecule has 0 bridgehead atoms. The van der Waals surface area contributed by atoms with E-state index in [1.165, 1.54) is 22.3 Å². The zero-order chi connectivity index (χ0) is 16.1. The summed E-state index contributed by atoms with van der Waals surface area (Å²) in [6, 6.07) is 4.86. The van der Waals surface area contributed by atoms with Gasteiger partial charge in [0.15, 0.2) is 0 Å². The Morgan fingerprint density at radius 1 is 1.30 bits per heavy atom. The molecule has 23 heavy (non-hydrogen) atoms. The van der Waals surface area contributed by atoms with Gasteiger partial charge in [-0.3, -0.25) is 9.69 Å². The van der Waals surface area contributed by atoms with Crippen LogP contribution in [0.5, 0.6) is 0 Å². The predicted octanol–water partition coefficient (Wildman–Crippen LogP) is 1.99. The van der Waals surface area contributed by atoms with Gasteiger partial charge >= 0.3 is 0 Å². The Bertz CT molecular complexity index is 510. The standard InChI is InChI=1S/C18H29N3O.ClH/c1-13-9-14(2)17(15(3)10-13)5-6-20-18(22)12-21-8-7-19-11-16(21)4;/h9-10,16,19H,5-8,11-12H2,1-4H3,(H,20,22);1H/t16-;/m0./s1. The number of amides is 1. The molecule has 0 aliphatic carbocycles. The lowest BCUT2D eigenvalue weighted by atomic mass is 9.97. The third kappa shape index (κ3) is 5.79. The van der Waals surface area contributed by atoms with Crippen molar-refractivity contribution < 1.29 is 4.79 Å². The molecule has 0 radical (unpaired) electrons. The number of carbonyl (C=O) groups excluding carboxylic acids is 1. The van der Waals surface area contributed by atoms with Gasteiger partial charge in [-0.2, -0.15) is 0 Å². The Balaban J connectivity index is 0.00000264. The summed E-state index contributed by atoms with van der Waals surface area (Å²) in [4.78, 5) is 14.3.